The molecule has 0 aliphatic carbocycles. The predicted molar refractivity (Wildman–Crippen MR) is 78.8 cm³/mol. The summed E-state index contributed by atoms with van der Waals surface area (Å²) in [7, 11) is 0. The summed E-state index contributed by atoms with van der Waals surface area (Å²) in [6.07, 6.45) is 1.12. The Hall–Kier alpha value is -0.380. The second-order valence-electron chi connectivity index (χ2n) is 4.13. The van der Waals surface area contributed by atoms with Gasteiger partial charge in [0.1, 0.15) is 0 Å². The van der Waals surface area contributed by atoms with Crippen LogP contribution in [-0.2, 0) is 0 Å². The highest BCUT2D eigenvalue weighted by atomic mass is 35.5. The van der Waals surface area contributed by atoms with E-state index in [1.165, 1.54) is 0 Å². The first-order valence-electron chi connectivity index (χ1n) is 5.49. The highest BCUT2D eigenvalue weighted by molar-refractivity contribution is 8.14. The van der Waals surface area contributed by atoms with Gasteiger partial charge in [0.2, 0.25) is 0 Å². The number of benzene rings is 1. The summed E-state index contributed by atoms with van der Waals surface area (Å²) in [6.45, 7) is 4.05. The van der Waals surface area contributed by atoms with Gasteiger partial charge in [0, 0.05) is 10.8 Å². The number of aryl methyl sites for hydroxylation is 1. The number of aliphatic imine (C=N–C) groups is 1. The third-order valence-electron chi connectivity index (χ3n) is 2.60. The fourth-order valence-electron chi connectivity index (χ4n) is 1.55. The van der Waals surface area contributed by atoms with Crippen LogP contribution >= 0.6 is 35.0 Å². The summed E-state index contributed by atoms with van der Waals surface area (Å²) in [5.41, 5.74) is 1.80. The van der Waals surface area contributed by atoms with Gasteiger partial charge in [-0.3, -0.25) is 4.99 Å². The van der Waals surface area contributed by atoms with E-state index in [-0.39, 0.29) is 0 Å². The lowest BCUT2D eigenvalue weighted by atomic mass is 10.2. The standard InChI is InChI=1S/C12H14Cl2N2S/c1-7-5-10(14)11(6-9(7)13)16-12-15-8(2)3-4-17-12/h5-6,8H,3-4H2,1-2H3,(H,15,16). The molecule has 1 atom stereocenters. The summed E-state index contributed by atoms with van der Waals surface area (Å²) in [4.78, 5) is 4.54. The molecule has 0 saturated heterocycles. The van der Waals surface area contributed by atoms with Gasteiger partial charge in [-0.2, -0.15) is 0 Å². The second-order valence-corrected chi connectivity index (χ2v) is 6.02. The van der Waals surface area contributed by atoms with Crippen LogP contribution in [0.4, 0.5) is 5.69 Å². The van der Waals surface area contributed by atoms with Gasteiger partial charge in [-0.1, -0.05) is 35.0 Å². The van der Waals surface area contributed by atoms with Crippen molar-refractivity contribution in [2.45, 2.75) is 26.3 Å². The van der Waals surface area contributed by atoms with Crippen molar-refractivity contribution in [2.75, 3.05) is 11.1 Å². The van der Waals surface area contributed by atoms with Gasteiger partial charge >= 0.3 is 0 Å². The number of amidine groups is 1. The molecule has 2 rings (SSSR count). The molecular formula is C12H14Cl2N2S. The van der Waals surface area contributed by atoms with Crippen molar-refractivity contribution in [3.8, 4) is 0 Å². The molecule has 17 heavy (non-hydrogen) atoms. The number of halogens is 2. The maximum Gasteiger partial charge on any atom is 0.161 e. The second kappa shape index (κ2) is 5.51. The van der Waals surface area contributed by atoms with E-state index in [9.17, 15) is 0 Å². The Bertz CT molecular complexity index is 460. The van der Waals surface area contributed by atoms with Crippen LogP contribution < -0.4 is 5.32 Å². The summed E-state index contributed by atoms with van der Waals surface area (Å²) < 4.78 is 0. The van der Waals surface area contributed by atoms with E-state index in [2.05, 4.69) is 17.2 Å². The average Bonchev–Trinajstić information content (AvgIpc) is 2.26. The van der Waals surface area contributed by atoms with Crippen molar-refractivity contribution in [2.24, 2.45) is 4.99 Å². The molecule has 0 bridgehead atoms. The number of nitrogens with zero attached hydrogens (tertiary/aromatic N) is 1. The summed E-state index contributed by atoms with van der Waals surface area (Å²) in [5.74, 6) is 1.09. The normalized spacial score (nSPS) is 20.0. The zero-order valence-corrected chi connectivity index (χ0v) is 12.1. The van der Waals surface area contributed by atoms with Crippen LogP contribution in [0.1, 0.15) is 18.9 Å². The van der Waals surface area contributed by atoms with E-state index in [1.807, 2.05) is 19.1 Å². The van der Waals surface area contributed by atoms with Crippen molar-refractivity contribution in [1.82, 2.24) is 0 Å². The third-order valence-corrected chi connectivity index (χ3v) is 4.24. The van der Waals surface area contributed by atoms with Crippen molar-refractivity contribution in [3.63, 3.8) is 0 Å². The van der Waals surface area contributed by atoms with Crippen molar-refractivity contribution >= 4 is 45.8 Å². The Morgan fingerprint density at radius 1 is 1.35 bits per heavy atom. The fraction of sp³-hybridized carbons (Fsp3) is 0.417. The zero-order valence-electron chi connectivity index (χ0n) is 9.76. The maximum atomic E-state index is 6.17. The Balaban J connectivity index is 2.21. The van der Waals surface area contributed by atoms with Gasteiger partial charge in [0.05, 0.1) is 16.8 Å². The van der Waals surface area contributed by atoms with Crippen molar-refractivity contribution in [1.29, 1.82) is 0 Å². The molecule has 1 unspecified atom stereocenters. The van der Waals surface area contributed by atoms with Gasteiger partial charge in [-0.05, 0) is 38.0 Å². The monoisotopic (exact) mass is 288 g/mol. The summed E-state index contributed by atoms with van der Waals surface area (Å²) in [6, 6.07) is 4.09. The SMILES string of the molecule is Cc1cc(Cl)c(NC2=NC(C)CCS2)cc1Cl. The van der Waals surface area contributed by atoms with E-state index in [1.54, 1.807) is 11.8 Å². The van der Waals surface area contributed by atoms with Gasteiger partial charge in [0.25, 0.3) is 0 Å². The van der Waals surface area contributed by atoms with Gasteiger partial charge in [0.15, 0.2) is 5.17 Å². The lowest BCUT2D eigenvalue weighted by Crippen LogP contribution is -2.18. The minimum absolute atomic E-state index is 0.374. The fourth-order valence-corrected chi connectivity index (χ4v) is 3.07. The number of hydrogen-bond acceptors (Lipinski definition) is 3. The van der Waals surface area contributed by atoms with Crippen LogP contribution in [0, 0.1) is 6.92 Å². The molecule has 1 aromatic carbocycles. The molecule has 1 aromatic rings. The lowest BCUT2D eigenvalue weighted by molar-refractivity contribution is 0.720. The maximum absolute atomic E-state index is 6.17. The molecule has 1 aliphatic heterocycles. The molecule has 1 aliphatic rings. The average molecular weight is 289 g/mol. The Labute approximate surface area is 116 Å². The Morgan fingerprint density at radius 2 is 2.12 bits per heavy atom. The largest absolute Gasteiger partial charge is 0.334 e. The molecule has 0 saturated carbocycles. The van der Waals surface area contributed by atoms with E-state index < -0.39 is 0 Å². The van der Waals surface area contributed by atoms with E-state index in [0.717, 1.165) is 28.6 Å². The minimum atomic E-state index is 0.374. The highest BCUT2D eigenvalue weighted by Gasteiger charge is 2.13. The van der Waals surface area contributed by atoms with Crippen LogP contribution in [0.5, 0.6) is 0 Å². The van der Waals surface area contributed by atoms with Crippen LogP contribution in [0.15, 0.2) is 17.1 Å². The van der Waals surface area contributed by atoms with E-state index >= 15 is 0 Å². The van der Waals surface area contributed by atoms with Gasteiger partial charge < -0.3 is 5.32 Å². The van der Waals surface area contributed by atoms with Crippen molar-refractivity contribution in [3.05, 3.63) is 27.7 Å². The zero-order chi connectivity index (χ0) is 12.4. The third kappa shape index (κ3) is 3.30. The Kier molecular flexibility index (Phi) is 4.23. The molecule has 0 aromatic heterocycles. The predicted octanol–water partition coefficient (Wildman–Crippen LogP) is 4.60. The molecule has 0 radical (unpaired) electrons. The first-order valence-corrected chi connectivity index (χ1v) is 7.23. The first-order chi connectivity index (χ1) is 8.06. The van der Waals surface area contributed by atoms with Gasteiger partial charge in [-0.15, -0.1) is 0 Å². The van der Waals surface area contributed by atoms with E-state index in [4.69, 9.17) is 23.2 Å². The highest BCUT2D eigenvalue weighted by Crippen LogP contribution is 2.30. The summed E-state index contributed by atoms with van der Waals surface area (Å²) in [5, 5.41) is 5.55. The molecule has 1 heterocycles. The molecule has 0 spiro atoms. The number of rotatable bonds is 1. The van der Waals surface area contributed by atoms with Crippen LogP contribution in [0.2, 0.25) is 10.0 Å². The van der Waals surface area contributed by atoms with Gasteiger partial charge in [-0.25, -0.2) is 0 Å². The lowest BCUT2D eigenvalue weighted by Gasteiger charge is -2.18. The topological polar surface area (TPSA) is 24.4 Å². The minimum Gasteiger partial charge on any atom is -0.334 e. The molecule has 1 N–H and O–H groups in total. The number of hydrogen-bond donors (Lipinski definition) is 1. The number of nitrogens with one attached hydrogen (secondary N) is 1. The molecule has 0 amide bonds. The molecule has 0 fully saturated rings. The van der Waals surface area contributed by atoms with Crippen LogP contribution in [-0.4, -0.2) is 17.0 Å². The molecular weight excluding hydrogens is 275 g/mol. The van der Waals surface area contributed by atoms with Crippen molar-refractivity contribution < 1.29 is 0 Å². The molecule has 2 nitrogen and oxygen atoms in total. The smallest absolute Gasteiger partial charge is 0.161 e. The quantitative estimate of drug-likeness (QED) is 0.817. The Morgan fingerprint density at radius 3 is 2.82 bits per heavy atom. The summed E-state index contributed by atoms with van der Waals surface area (Å²) >= 11 is 14.0. The van der Waals surface area contributed by atoms with E-state index in [0.29, 0.717) is 16.1 Å². The number of thioether (sulfide) groups is 1. The number of anilines is 1. The van der Waals surface area contributed by atoms with Crippen LogP contribution in [0.3, 0.4) is 0 Å². The molecule has 5 heteroatoms. The molecule has 92 valence electrons. The first kappa shape index (κ1) is 13.1. The van der Waals surface area contributed by atoms with Crippen LogP contribution in [0.25, 0.3) is 0 Å².